The first-order valence-electron chi connectivity index (χ1n) is 7.73. The summed E-state index contributed by atoms with van der Waals surface area (Å²) >= 11 is 0. The molecule has 0 spiro atoms. The van der Waals surface area contributed by atoms with Gasteiger partial charge in [-0.15, -0.1) is 0 Å². The standard InChI is InChI=1S/C15H28N4O2/c1-11(2)7-16-8-14-12(3)17-18(4)15(14)19-5-6-21-10-13(19)9-20/h11,13,16,20H,5-10H2,1-4H3. The van der Waals surface area contributed by atoms with Crippen LogP contribution in [-0.4, -0.2) is 53.8 Å². The second kappa shape index (κ2) is 7.24. The lowest BCUT2D eigenvalue weighted by Crippen LogP contribution is -2.48. The Morgan fingerprint density at radius 2 is 2.24 bits per heavy atom. The number of hydrogen-bond donors (Lipinski definition) is 2. The number of hydrogen-bond acceptors (Lipinski definition) is 5. The summed E-state index contributed by atoms with van der Waals surface area (Å²) in [7, 11) is 1.97. The Bertz CT molecular complexity index is 459. The molecule has 6 heteroatoms. The first-order valence-corrected chi connectivity index (χ1v) is 7.73. The van der Waals surface area contributed by atoms with Crippen LogP contribution in [-0.2, 0) is 18.3 Å². The van der Waals surface area contributed by atoms with Gasteiger partial charge < -0.3 is 20.1 Å². The van der Waals surface area contributed by atoms with Crippen LogP contribution in [0.25, 0.3) is 0 Å². The molecular formula is C15H28N4O2. The SMILES string of the molecule is Cc1nn(C)c(N2CCOCC2CO)c1CNCC(C)C. The summed E-state index contributed by atoms with van der Waals surface area (Å²) in [6, 6.07) is 0.0115. The quantitative estimate of drug-likeness (QED) is 0.808. The number of aryl methyl sites for hydroxylation is 2. The normalized spacial score (nSPS) is 19.5. The maximum Gasteiger partial charge on any atom is 0.131 e. The van der Waals surface area contributed by atoms with Crippen LogP contribution in [0.5, 0.6) is 0 Å². The second-order valence-electron chi connectivity index (χ2n) is 6.14. The predicted octanol–water partition coefficient (Wildman–Crippen LogP) is 0.672. The van der Waals surface area contributed by atoms with Gasteiger partial charge in [0.2, 0.25) is 0 Å². The molecule has 0 aliphatic carbocycles. The molecule has 1 unspecified atom stereocenters. The summed E-state index contributed by atoms with van der Waals surface area (Å²) in [5.74, 6) is 1.73. The molecule has 1 atom stereocenters. The van der Waals surface area contributed by atoms with Crippen molar-refractivity contribution in [3.05, 3.63) is 11.3 Å². The fourth-order valence-corrected chi connectivity index (χ4v) is 2.83. The molecule has 1 saturated heterocycles. The molecule has 6 nitrogen and oxygen atoms in total. The summed E-state index contributed by atoms with van der Waals surface area (Å²) < 4.78 is 7.40. The minimum Gasteiger partial charge on any atom is -0.394 e. The van der Waals surface area contributed by atoms with Crippen LogP contribution >= 0.6 is 0 Å². The smallest absolute Gasteiger partial charge is 0.131 e. The highest BCUT2D eigenvalue weighted by Crippen LogP contribution is 2.26. The third-order valence-electron chi connectivity index (χ3n) is 3.88. The van der Waals surface area contributed by atoms with Gasteiger partial charge in [-0.2, -0.15) is 5.10 Å². The molecule has 1 aromatic heterocycles. The molecule has 0 bridgehead atoms. The minimum atomic E-state index is 0.0115. The molecule has 1 aromatic rings. The van der Waals surface area contributed by atoms with E-state index in [1.54, 1.807) is 0 Å². The van der Waals surface area contributed by atoms with Crippen LogP contribution in [0.1, 0.15) is 25.1 Å². The van der Waals surface area contributed by atoms with Gasteiger partial charge in [-0.25, -0.2) is 0 Å². The van der Waals surface area contributed by atoms with E-state index in [1.807, 2.05) is 18.7 Å². The van der Waals surface area contributed by atoms with Crippen molar-refractivity contribution in [1.82, 2.24) is 15.1 Å². The van der Waals surface area contributed by atoms with Crippen LogP contribution in [0.15, 0.2) is 0 Å². The Hall–Kier alpha value is -1.11. The van der Waals surface area contributed by atoms with Crippen molar-refractivity contribution < 1.29 is 9.84 Å². The summed E-state index contributed by atoms with van der Waals surface area (Å²) in [5, 5.41) is 17.7. The summed E-state index contributed by atoms with van der Waals surface area (Å²) in [5.41, 5.74) is 2.27. The van der Waals surface area contributed by atoms with Gasteiger partial charge in [0.1, 0.15) is 5.82 Å². The number of aromatic nitrogens is 2. The lowest BCUT2D eigenvalue weighted by Gasteiger charge is -2.36. The molecular weight excluding hydrogens is 268 g/mol. The summed E-state index contributed by atoms with van der Waals surface area (Å²) in [6.07, 6.45) is 0. The molecule has 2 rings (SSSR count). The molecule has 0 saturated carbocycles. The van der Waals surface area contributed by atoms with Gasteiger partial charge >= 0.3 is 0 Å². The third-order valence-corrected chi connectivity index (χ3v) is 3.88. The fraction of sp³-hybridized carbons (Fsp3) is 0.800. The Morgan fingerprint density at radius 3 is 2.90 bits per heavy atom. The molecule has 1 fully saturated rings. The first-order chi connectivity index (χ1) is 10.0. The van der Waals surface area contributed by atoms with E-state index in [2.05, 4.69) is 29.2 Å². The highest BCUT2D eigenvalue weighted by atomic mass is 16.5. The van der Waals surface area contributed by atoms with Gasteiger partial charge in [0.25, 0.3) is 0 Å². The van der Waals surface area contributed by atoms with E-state index in [9.17, 15) is 5.11 Å². The van der Waals surface area contributed by atoms with Crippen molar-refractivity contribution in [2.24, 2.45) is 13.0 Å². The van der Waals surface area contributed by atoms with Crippen LogP contribution < -0.4 is 10.2 Å². The number of aliphatic hydroxyl groups excluding tert-OH is 1. The second-order valence-corrected chi connectivity index (χ2v) is 6.14. The Kier molecular flexibility index (Phi) is 5.61. The zero-order valence-electron chi connectivity index (χ0n) is 13.6. The maximum absolute atomic E-state index is 9.59. The van der Waals surface area contributed by atoms with Gasteiger partial charge in [-0.3, -0.25) is 4.68 Å². The van der Waals surface area contributed by atoms with Gasteiger partial charge in [-0.05, 0) is 19.4 Å². The van der Waals surface area contributed by atoms with Crippen molar-refractivity contribution in [3.63, 3.8) is 0 Å². The third kappa shape index (κ3) is 3.75. The van der Waals surface area contributed by atoms with Crippen molar-refractivity contribution in [3.8, 4) is 0 Å². The zero-order chi connectivity index (χ0) is 15.4. The van der Waals surface area contributed by atoms with Gasteiger partial charge in [0.05, 0.1) is 31.6 Å². The molecule has 0 aromatic carbocycles. The first kappa shape index (κ1) is 16.3. The monoisotopic (exact) mass is 296 g/mol. The molecule has 1 aliphatic rings. The van der Waals surface area contributed by atoms with Crippen LogP contribution in [0.4, 0.5) is 5.82 Å². The van der Waals surface area contributed by atoms with Crippen LogP contribution in [0.3, 0.4) is 0 Å². The zero-order valence-corrected chi connectivity index (χ0v) is 13.6. The topological polar surface area (TPSA) is 62.6 Å². The lowest BCUT2D eigenvalue weighted by atomic mass is 10.1. The van der Waals surface area contributed by atoms with Gasteiger partial charge in [-0.1, -0.05) is 13.8 Å². The Balaban J connectivity index is 2.20. The molecule has 2 heterocycles. The number of nitrogens with one attached hydrogen (secondary N) is 1. The number of nitrogens with zero attached hydrogens (tertiary/aromatic N) is 3. The number of morpholine rings is 1. The number of ether oxygens (including phenoxy) is 1. The average molecular weight is 296 g/mol. The fourth-order valence-electron chi connectivity index (χ4n) is 2.83. The molecule has 2 N–H and O–H groups in total. The molecule has 0 amide bonds. The number of rotatable bonds is 6. The predicted molar refractivity (Wildman–Crippen MR) is 83.5 cm³/mol. The largest absolute Gasteiger partial charge is 0.394 e. The molecule has 0 radical (unpaired) electrons. The minimum absolute atomic E-state index is 0.0115. The van der Waals surface area contributed by atoms with Crippen molar-refractivity contribution in [2.45, 2.75) is 33.4 Å². The Labute approximate surface area is 127 Å². The van der Waals surface area contributed by atoms with Crippen molar-refractivity contribution in [1.29, 1.82) is 0 Å². The van der Waals surface area contributed by atoms with E-state index in [0.717, 1.165) is 31.1 Å². The molecule has 21 heavy (non-hydrogen) atoms. The van der Waals surface area contributed by atoms with E-state index in [4.69, 9.17) is 4.74 Å². The number of aliphatic hydroxyl groups is 1. The van der Waals surface area contributed by atoms with Crippen LogP contribution in [0.2, 0.25) is 0 Å². The molecule has 120 valence electrons. The van der Waals surface area contributed by atoms with Crippen molar-refractivity contribution in [2.75, 3.05) is 37.8 Å². The van der Waals surface area contributed by atoms with E-state index >= 15 is 0 Å². The van der Waals surface area contributed by atoms with E-state index in [-0.39, 0.29) is 12.6 Å². The Morgan fingerprint density at radius 1 is 1.48 bits per heavy atom. The van der Waals surface area contributed by atoms with E-state index in [1.165, 1.54) is 5.56 Å². The van der Waals surface area contributed by atoms with Crippen LogP contribution in [0, 0.1) is 12.8 Å². The van der Waals surface area contributed by atoms with E-state index < -0.39 is 0 Å². The lowest BCUT2D eigenvalue weighted by molar-refractivity contribution is 0.0718. The van der Waals surface area contributed by atoms with Gasteiger partial charge in [0, 0.05) is 25.7 Å². The summed E-state index contributed by atoms with van der Waals surface area (Å²) in [4.78, 5) is 2.23. The average Bonchev–Trinajstić information content (AvgIpc) is 2.73. The van der Waals surface area contributed by atoms with E-state index in [0.29, 0.717) is 19.1 Å². The van der Waals surface area contributed by atoms with Crippen molar-refractivity contribution >= 4 is 5.82 Å². The highest BCUT2D eigenvalue weighted by Gasteiger charge is 2.28. The summed E-state index contributed by atoms with van der Waals surface area (Å²) in [6.45, 7) is 10.4. The molecule has 1 aliphatic heterocycles. The van der Waals surface area contributed by atoms with Gasteiger partial charge in [0.15, 0.2) is 0 Å². The maximum atomic E-state index is 9.59. The number of anilines is 1. The highest BCUT2D eigenvalue weighted by molar-refractivity contribution is 5.51.